The monoisotopic (exact) mass is 452 g/mol. The standard InChI is InChI=1S/C31H36N2O/c1-22(2)26-14-15-28(34-3)27(20-26)21-32-30-25-16-18-33(19-17-25)31(30)29(23-10-6-4-7-11-23)24-12-8-5-9-13-24/h4-15,20,22,25,29,31H,16-19,21H2,1-3H3/t31-/m0/s1. The fourth-order valence-corrected chi connectivity index (χ4v) is 5.84. The SMILES string of the molecule is COc1ccc(C(C)C)cc1CN=C1C2CCN(CC2)[C@H]1C(c1ccccc1)c1ccccc1. The van der Waals surface area contributed by atoms with Crippen LogP contribution < -0.4 is 4.74 Å². The minimum absolute atomic E-state index is 0.285. The highest BCUT2D eigenvalue weighted by atomic mass is 16.5. The van der Waals surface area contributed by atoms with E-state index in [9.17, 15) is 0 Å². The van der Waals surface area contributed by atoms with E-state index in [1.165, 1.54) is 40.8 Å². The van der Waals surface area contributed by atoms with E-state index in [0.717, 1.165) is 18.8 Å². The largest absolute Gasteiger partial charge is 0.496 e. The van der Waals surface area contributed by atoms with E-state index >= 15 is 0 Å². The van der Waals surface area contributed by atoms with Crippen LogP contribution >= 0.6 is 0 Å². The third-order valence-corrected chi connectivity index (χ3v) is 7.68. The van der Waals surface area contributed by atoms with Gasteiger partial charge in [0.15, 0.2) is 0 Å². The molecule has 0 unspecified atom stereocenters. The van der Waals surface area contributed by atoms with E-state index in [0.29, 0.717) is 24.4 Å². The van der Waals surface area contributed by atoms with Crippen LogP contribution in [0.4, 0.5) is 0 Å². The minimum Gasteiger partial charge on any atom is -0.496 e. The highest BCUT2D eigenvalue weighted by molar-refractivity contribution is 5.94. The summed E-state index contributed by atoms with van der Waals surface area (Å²) in [7, 11) is 1.76. The molecule has 34 heavy (non-hydrogen) atoms. The number of hydrogen-bond acceptors (Lipinski definition) is 3. The molecule has 2 bridgehead atoms. The molecular weight excluding hydrogens is 416 g/mol. The van der Waals surface area contributed by atoms with Crippen molar-refractivity contribution < 1.29 is 4.74 Å². The molecule has 1 atom stereocenters. The molecule has 3 nitrogen and oxygen atoms in total. The zero-order chi connectivity index (χ0) is 23.5. The average Bonchev–Trinajstić information content (AvgIpc) is 2.89. The van der Waals surface area contributed by atoms with Crippen LogP contribution in [0.3, 0.4) is 0 Å². The summed E-state index contributed by atoms with van der Waals surface area (Å²) in [5.74, 6) is 2.29. The van der Waals surface area contributed by atoms with Gasteiger partial charge in [-0.1, -0.05) is 80.6 Å². The van der Waals surface area contributed by atoms with Crippen molar-refractivity contribution in [3.8, 4) is 5.75 Å². The zero-order valence-electron chi connectivity index (χ0n) is 20.7. The summed E-state index contributed by atoms with van der Waals surface area (Å²) in [4.78, 5) is 8.08. The van der Waals surface area contributed by atoms with Gasteiger partial charge in [-0.05, 0) is 60.7 Å². The summed E-state index contributed by atoms with van der Waals surface area (Å²) in [6.45, 7) is 7.49. The molecule has 3 heterocycles. The first-order valence-corrected chi connectivity index (χ1v) is 12.7. The maximum absolute atomic E-state index is 5.72. The minimum atomic E-state index is 0.285. The van der Waals surface area contributed by atoms with Crippen LogP contribution in [0.25, 0.3) is 0 Å². The molecule has 0 saturated carbocycles. The molecule has 0 radical (unpaired) electrons. The fraction of sp³-hybridized carbons (Fsp3) is 0.387. The molecule has 3 saturated heterocycles. The fourth-order valence-electron chi connectivity index (χ4n) is 5.84. The number of ether oxygens (including phenoxy) is 1. The first-order chi connectivity index (χ1) is 16.7. The Morgan fingerprint density at radius 2 is 1.47 bits per heavy atom. The van der Waals surface area contributed by atoms with Crippen LogP contribution in [0.2, 0.25) is 0 Å². The Balaban J connectivity index is 1.56. The molecule has 0 aliphatic carbocycles. The second kappa shape index (κ2) is 10.1. The lowest BCUT2D eigenvalue weighted by atomic mass is 9.72. The van der Waals surface area contributed by atoms with Gasteiger partial charge in [0.05, 0.1) is 19.7 Å². The molecule has 3 heteroatoms. The van der Waals surface area contributed by atoms with Gasteiger partial charge in [-0.25, -0.2) is 0 Å². The van der Waals surface area contributed by atoms with Crippen molar-refractivity contribution in [2.45, 2.75) is 51.1 Å². The highest BCUT2D eigenvalue weighted by Gasteiger charge is 2.43. The van der Waals surface area contributed by atoms with Crippen molar-refractivity contribution in [2.24, 2.45) is 10.9 Å². The van der Waals surface area contributed by atoms with E-state index in [-0.39, 0.29) is 5.92 Å². The topological polar surface area (TPSA) is 24.8 Å². The van der Waals surface area contributed by atoms with Gasteiger partial charge in [-0.15, -0.1) is 0 Å². The molecule has 3 fully saturated rings. The number of piperidine rings is 3. The van der Waals surface area contributed by atoms with Crippen LogP contribution in [-0.4, -0.2) is 36.9 Å². The van der Waals surface area contributed by atoms with Crippen LogP contribution in [-0.2, 0) is 6.54 Å². The molecule has 6 rings (SSSR count). The lowest BCUT2D eigenvalue weighted by molar-refractivity contribution is 0.135. The molecule has 0 aromatic heterocycles. The zero-order valence-corrected chi connectivity index (χ0v) is 20.7. The van der Waals surface area contributed by atoms with Crippen molar-refractivity contribution in [3.63, 3.8) is 0 Å². The Bertz CT molecular complexity index is 1080. The summed E-state index contributed by atoms with van der Waals surface area (Å²) in [5, 5.41) is 0. The average molecular weight is 453 g/mol. The summed E-state index contributed by atoms with van der Waals surface area (Å²) in [6.07, 6.45) is 2.43. The molecule has 176 valence electrons. The maximum Gasteiger partial charge on any atom is 0.123 e. The summed E-state index contributed by atoms with van der Waals surface area (Å²) in [6, 6.07) is 28.9. The first kappa shape index (κ1) is 22.9. The molecule has 3 aromatic carbocycles. The van der Waals surface area contributed by atoms with E-state index < -0.39 is 0 Å². The van der Waals surface area contributed by atoms with Crippen molar-refractivity contribution in [3.05, 3.63) is 101 Å². The smallest absolute Gasteiger partial charge is 0.123 e. The van der Waals surface area contributed by atoms with Gasteiger partial charge in [0.1, 0.15) is 5.75 Å². The van der Waals surface area contributed by atoms with E-state index in [1.807, 2.05) is 0 Å². The van der Waals surface area contributed by atoms with Gasteiger partial charge < -0.3 is 4.74 Å². The van der Waals surface area contributed by atoms with E-state index in [4.69, 9.17) is 9.73 Å². The maximum atomic E-state index is 5.72. The predicted octanol–water partition coefficient (Wildman–Crippen LogP) is 6.69. The Morgan fingerprint density at radius 3 is 2.03 bits per heavy atom. The quantitative estimate of drug-likeness (QED) is 0.399. The summed E-state index contributed by atoms with van der Waals surface area (Å²) >= 11 is 0. The highest BCUT2D eigenvalue weighted by Crippen LogP contribution is 2.40. The van der Waals surface area contributed by atoms with Crippen molar-refractivity contribution in [1.29, 1.82) is 0 Å². The summed E-state index contributed by atoms with van der Waals surface area (Å²) < 4.78 is 5.72. The lowest BCUT2D eigenvalue weighted by Gasteiger charge is -2.49. The Hall–Kier alpha value is -2.91. The van der Waals surface area contributed by atoms with Gasteiger partial charge in [0.25, 0.3) is 0 Å². The number of aliphatic imine (C=N–C) groups is 1. The Morgan fingerprint density at radius 1 is 0.853 bits per heavy atom. The molecule has 0 spiro atoms. The van der Waals surface area contributed by atoms with Gasteiger partial charge in [-0.3, -0.25) is 9.89 Å². The van der Waals surface area contributed by atoms with E-state index in [2.05, 4.69) is 97.6 Å². The van der Waals surface area contributed by atoms with Gasteiger partial charge in [0, 0.05) is 23.1 Å². The molecule has 0 N–H and O–H groups in total. The third kappa shape index (κ3) is 4.54. The first-order valence-electron chi connectivity index (χ1n) is 12.7. The number of fused-ring (bicyclic) bond motifs is 3. The number of nitrogens with zero attached hydrogens (tertiary/aromatic N) is 2. The second-order valence-electron chi connectivity index (χ2n) is 10.0. The van der Waals surface area contributed by atoms with Gasteiger partial charge in [0.2, 0.25) is 0 Å². The molecular formula is C31H36N2O. The van der Waals surface area contributed by atoms with Gasteiger partial charge >= 0.3 is 0 Å². The number of benzene rings is 3. The molecule has 3 aromatic rings. The molecule has 3 aliphatic rings. The number of methoxy groups -OCH3 is 1. The number of rotatable bonds is 7. The normalized spacial score (nSPS) is 23.1. The van der Waals surface area contributed by atoms with Crippen LogP contribution in [0, 0.1) is 5.92 Å². The summed E-state index contributed by atoms with van der Waals surface area (Å²) in [5.41, 5.74) is 6.66. The van der Waals surface area contributed by atoms with Crippen molar-refractivity contribution in [2.75, 3.05) is 20.2 Å². The molecule has 0 amide bonds. The van der Waals surface area contributed by atoms with Gasteiger partial charge in [-0.2, -0.15) is 0 Å². The molecule has 3 aliphatic heterocycles. The Kier molecular flexibility index (Phi) is 6.82. The predicted molar refractivity (Wildman–Crippen MR) is 141 cm³/mol. The van der Waals surface area contributed by atoms with E-state index in [1.54, 1.807) is 7.11 Å². The lowest BCUT2D eigenvalue weighted by Crippen LogP contribution is -2.58. The Labute approximate surface area is 204 Å². The van der Waals surface area contributed by atoms with Crippen LogP contribution in [0.1, 0.15) is 60.8 Å². The van der Waals surface area contributed by atoms with Crippen LogP contribution in [0.15, 0.2) is 83.9 Å². The third-order valence-electron chi connectivity index (χ3n) is 7.68. The van der Waals surface area contributed by atoms with Crippen molar-refractivity contribution in [1.82, 2.24) is 4.90 Å². The van der Waals surface area contributed by atoms with Crippen molar-refractivity contribution >= 4 is 5.71 Å². The second-order valence-corrected chi connectivity index (χ2v) is 10.0. The number of hydrogen-bond donors (Lipinski definition) is 0. The van der Waals surface area contributed by atoms with Crippen LogP contribution in [0.5, 0.6) is 5.75 Å².